The van der Waals surface area contributed by atoms with E-state index < -0.39 is 23.5 Å². The Morgan fingerprint density at radius 2 is 1.71 bits per heavy atom. The van der Waals surface area contributed by atoms with Crippen molar-refractivity contribution in [3.63, 3.8) is 0 Å². The van der Waals surface area contributed by atoms with Crippen LogP contribution in [-0.4, -0.2) is 29.0 Å². The molecule has 1 amide bonds. The molecule has 1 fully saturated rings. The Hall–Kier alpha value is -3.99. The van der Waals surface area contributed by atoms with Crippen LogP contribution in [0, 0.1) is 11.3 Å². The molecule has 0 bridgehead atoms. The number of nitrogens with zero attached hydrogens (tertiary/aromatic N) is 2. The Kier molecular flexibility index (Phi) is 6.20. The number of hydrogen-bond donors (Lipinski definition) is 2. The third kappa shape index (κ3) is 3.94. The van der Waals surface area contributed by atoms with Gasteiger partial charge < -0.3 is 14.9 Å². The molecule has 3 aromatic rings. The monoisotopic (exact) mass is 494 g/mol. The lowest BCUT2D eigenvalue weighted by molar-refractivity contribution is -0.132. The van der Waals surface area contributed by atoms with Crippen molar-refractivity contribution >= 4 is 46.3 Å². The molecular formula is C25H16Cl2N2O5. The number of aromatic hydroxyl groups is 1. The number of phenols is 1. The van der Waals surface area contributed by atoms with Crippen molar-refractivity contribution in [1.82, 2.24) is 0 Å². The van der Waals surface area contributed by atoms with Gasteiger partial charge in [-0.15, -0.1) is 0 Å². The van der Waals surface area contributed by atoms with Crippen molar-refractivity contribution in [2.45, 2.75) is 6.04 Å². The highest BCUT2D eigenvalue weighted by Crippen LogP contribution is 2.45. The first-order valence-corrected chi connectivity index (χ1v) is 10.7. The van der Waals surface area contributed by atoms with Gasteiger partial charge >= 0.3 is 0 Å². The van der Waals surface area contributed by atoms with Crippen LogP contribution in [0.5, 0.6) is 11.5 Å². The number of benzene rings is 3. The summed E-state index contributed by atoms with van der Waals surface area (Å²) in [5.41, 5.74) is 1.00. The smallest absolute Gasteiger partial charge is 0.300 e. The van der Waals surface area contributed by atoms with Crippen LogP contribution < -0.4 is 9.64 Å². The molecule has 4 rings (SSSR count). The summed E-state index contributed by atoms with van der Waals surface area (Å²) in [5.74, 6) is -2.26. The summed E-state index contributed by atoms with van der Waals surface area (Å²) in [6.07, 6.45) is 0. The second kappa shape index (κ2) is 9.10. The summed E-state index contributed by atoms with van der Waals surface area (Å²) in [7, 11) is 1.35. The fraction of sp³-hybridized carbons (Fsp3) is 0.0800. The van der Waals surface area contributed by atoms with E-state index in [-0.39, 0.29) is 32.7 Å². The van der Waals surface area contributed by atoms with Gasteiger partial charge in [0.05, 0.1) is 40.9 Å². The summed E-state index contributed by atoms with van der Waals surface area (Å²) < 4.78 is 5.31. The molecule has 2 N–H and O–H groups in total. The van der Waals surface area contributed by atoms with E-state index in [0.29, 0.717) is 16.8 Å². The minimum atomic E-state index is -1.05. The second-order valence-electron chi connectivity index (χ2n) is 7.39. The molecule has 1 aliphatic rings. The maximum absolute atomic E-state index is 13.2. The van der Waals surface area contributed by atoms with E-state index in [1.165, 1.54) is 72.7 Å². The van der Waals surface area contributed by atoms with E-state index in [1.54, 1.807) is 0 Å². The molecule has 0 radical (unpaired) electrons. The van der Waals surface area contributed by atoms with E-state index in [1.807, 2.05) is 6.07 Å². The molecule has 1 atom stereocenters. The van der Waals surface area contributed by atoms with Gasteiger partial charge in [-0.3, -0.25) is 14.5 Å². The van der Waals surface area contributed by atoms with E-state index in [4.69, 9.17) is 33.2 Å². The maximum atomic E-state index is 13.2. The van der Waals surface area contributed by atoms with Crippen LogP contribution in [0.15, 0.2) is 66.2 Å². The molecule has 0 saturated carbocycles. The van der Waals surface area contributed by atoms with Crippen molar-refractivity contribution < 1.29 is 24.5 Å². The molecule has 0 aliphatic carbocycles. The highest BCUT2D eigenvalue weighted by molar-refractivity contribution is 6.52. The Balaban J connectivity index is 1.99. The third-order valence-electron chi connectivity index (χ3n) is 5.40. The summed E-state index contributed by atoms with van der Waals surface area (Å²) in [5, 5.41) is 30.4. The van der Waals surface area contributed by atoms with Gasteiger partial charge in [-0.25, -0.2) is 0 Å². The molecule has 1 unspecified atom stereocenters. The van der Waals surface area contributed by atoms with Crippen molar-refractivity contribution in [2.75, 3.05) is 12.0 Å². The molecule has 0 aromatic heterocycles. The fourth-order valence-corrected chi connectivity index (χ4v) is 4.43. The lowest BCUT2D eigenvalue weighted by atomic mass is 9.94. The highest BCUT2D eigenvalue weighted by Gasteiger charge is 2.47. The number of methoxy groups -OCH3 is 1. The molecule has 1 aliphatic heterocycles. The molecule has 1 heterocycles. The van der Waals surface area contributed by atoms with Gasteiger partial charge in [0.1, 0.15) is 17.3 Å². The molecule has 1 saturated heterocycles. The van der Waals surface area contributed by atoms with E-state index in [9.17, 15) is 19.8 Å². The number of aliphatic hydroxyl groups excluding tert-OH is 1. The number of amides is 1. The third-order valence-corrected chi connectivity index (χ3v) is 5.89. The van der Waals surface area contributed by atoms with E-state index in [2.05, 4.69) is 0 Å². The molecule has 170 valence electrons. The molecule has 9 heteroatoms. The minimum absolute atomic E-state index is 0.0117. The number of nitriles is 1. The van der Waals surface area contributed by atoms with Crippen LogP contribution in [0.1, 0.15) is 22.7 Å². The number of halogens is 2. The predicted molar refractivity (Wildman–Crippen MR) is 127 cm³/mol. The molecule has 0 spiro atoms. The number of ether oxygens (including phenoxy) is 1. The number of carbonyl (C=O) groups is 2. The first-order valence-electron chi connectivity index (χ1n) is 9.90. The molecule has 3 aromatic carbocycles. The molecule has 7 nitrogen and oxygen atoms in total. The van der Waals surface area contributed by atoms with E-state index >= 15 is 0 Å². The second-order valence-corrected chi connectivity index (χ2v) is 8.23. The van der Waals surface area contributed by atoms with Gasteiger partial charge in [0, 0.05) is 10.7 Å². The summed E-state index contributed by atoms with van der Waals surface area (Å²) in [6, 6.07) is 15.8. The van der Waals surface area contributed by atoms with Crippen LogP contribution in [0.3, 0.4) is 0 Å². The van der Waals surface area contributed by atoms with E-state index in [0.717, 1.165) is 0 Å². The standard InChI is InChI=1S/C25H16Cl2N2O5/c1-34-24-18(10-15(26)11-19(24)27)22(31)20-21(14-4-8-17(30)9-5-14)29(25(33)23(20)32)16-6-2-13(12-28)3-7-16/h2-11,21,30-31H,1H3/b22-20+. The first-order chi connectivity index (χ1) is 16.3. The van der Waals surface area contributed by atoms with Crippen molar-refractivity contribution in [2.24, 2.45) is 0 Å². The summed E-state index contributed by atoms with van der Waals surface area (Å²) in [6.45, 7) is 0. The van der Waals surface area contributed by atoms with Crippen LogP contribution in [0.25, 0.3) is 5.76 Å². The SMILES string of the molecule is COc1c(Cl)cc(Cl)cc1/C(O)=C1\C(=O)C(=O)N(c2ccc(C#N)cc2)C1c1ccc(O)cc1. The number of rotatable bonds is 4. The summed E-state index contributed by atoms with van der Waals surface area (Å²) >= 11 is 12.3. The van der Waals surface area contributed by atoms with Gasteiger partial charge in [-0.1, -0.05) is 35.3 Å². The van der Waals surface area contributed by atoms with Crippen molar-refractivity contribution in [3.05, 3.63) is 93.0 Å². The van der Waals surface area contributed by atoms with Crippen molar-refractivity contribution in [3.8, 4) is 17.6 Å². The number of carbonyl (C=O) groups excluding carboxylic acids is 2. The zero-order valence-corrected chi connectivity index (χ0v) is 19.1. The summed E-state index contributed by atoms with van der Waals surface area (Å²) in [4.78, 5) is 27.6. The highest BCUT2D eigenvalue weighted by atomic mass is 35.5. The van der Waals surface area contributed by atoms with Gasteiger partial charge in [0.2, 0.25) is 0 Å². The minimum Gasteiger partial charge on any atom is -0.508 e. The number of ketones is 1. The Labute approximate surface area is 204 Å². The largest absolute Gasteiger partial charge is 0.508 e. The Morgan fingerprint density at radius 3 is 2.29 bits per heavy atom. The van der Waals surface area contributed by atoms with Gasteiger partial charge in [0.15, 0.2) is 0 Å². The number of anilines is 1. The average Bonchev–Trinajstić information content (AvgIpc) is 3.09. The zero-order chi connectivity index (χ0) is 24.6. The average molecular weight is 495 g/mol. The zero-order valence-electron chi connectivity index (χ0n) is 17.6. The predicted octanol–water partition coefficient (Wildman–Crippen LogP) is 5.21. The van der Waals surface area contributed by atoms with Crippen LogP contribution >= 0.6 is 23.2 Å². The number of hydrogen-bond acceptors (Lipinski definition) is 6. The Morgan fingerprint density at radius 1 is 1.06 bits per heavy atom. The normalized spacial score (nSPS) is 17.0. The van der Waals surface area contributed by atoms with Crippen LogP contribution in [-0.2, 0) is 9.59 Å². The maximum Gasteiger partial charge on any atom is 0.300 e. The number of aliphatic hydroxyl groups is 1. The fourth-order valence-electron chi connectivity index (χ4n) is 3.86. The number of Topliss-reactive ketones (excluding diaryl/α,β-unsaturated/α-hetero) is 1. The first kappa shape index (κ1) is 23.2. The van der Waals surface area contributed by atoms with Gasteiger partial charge in [-0.2, -0.15) is 5.26 Å². The number of phenolic OH excluding ortho intramolecular Hbond substituents is 1. The lowest BCUT2D eigenvalue weighted by Crippen LogP contribution is -2.29. The lowest BCUT2D eigenvalue weighted by Gasteiger charge is -2.25. The van der Waals surface area contributed by atoms with Crippen LogP contribution in [0.2, 0.25) is 10.0 Å². The Bertz CT molecular complexity index is 1380. The molecular weight excluding hydrogens is 479 g/mol. The van der Waals surface area contributed by atoms with Crippen molar-refractivity contribution in [1.29, 1.82) is 5.26 Å². The quantitative estimate of drug-likeness (QED) is 0.292. The molecule has 34 heavy (non-hydrogen) atoms. The van der Waals surface area contributed by atoms with Gasteiger partial charge in [0.25, 0.3) is 11.7 Å². The van der Waals surface area contributed by atoms with Crippen LogP contribution in [0.4, 0.5) is 5.69 Å². The van der Waals surface area contributed by atoms with Gasteiger partial charge in [-0.05, 0) is 54.1 Å². The topological polar surface area (TPSA) is 111 Å².